The number of hydrogen-bond donors (Lipinski definition) is 0. The molecule has 1 aromatic heterocycles. The summed E-state index contributed by atoms with van der Waals surface area (Å²) in [6.45, 7) is 34.4. The molecule has 0 fully saturated rings. The zero-order valence-corrected chi connectivity index (χ0v) is 56.0. The number of hydrogen-bond acceptors (Lipinski definition) is 4. The van der Waals surface area contributed by atoms with Crippen molar-refractivity contribution in [3.8, 4) is 11.1 Å². The van der Waals surface area contributed by atoms with Gasteiger partial charge in [-0.25, -0.2) is 0 Å². The summed E-state index contributed by atoms with van der Waals surface area (Å²) in [7, 11) is 0. The van der Waals surface area contributed by atoms with E-state index in [9.17, 15) is 0 Å². The molecule has 4 heteroatoms. The third kappa shape index (κ3) is 11.0. The fraction of sp³-hybridized carbons (Fsp3) is 0.241. The van der Waals surface area contributed by atoms with Crippen molar-refractivity contribution in [1.29, 1.82) is 0 Å². The predicted molar refractivity (Wildman–Crippen MR) is 389 cm³/mol. The van der Waals surface area contributed by atoms with Crippen LogP contribution in [-0.2, 0) is 32.5 Å². The average Bonchev–Trinajstić information content (AvgIpc) is 1.52. The van der Waals surface area contributed by atoms with Crippen LogP contribution in [-0.4, -0.2) is 0 Å². The number of anilines is 9. The number of benzene rings is 11. The van der Waals surface area contributed by atoms with E-state index in [2.05, 4.69) is 373 Å². The fourth-order valence-corrected chi connectivity index (χ4v) is 13.8. The lowest BCUT2D eigenvalue weighted by Crippen LogP contribution is -2.29. The van der Waals surface area contributed by atoms with Crippen LogP contribution in [0.15, 0.2) is 259 Å². The van der Waals surface area contributed by atoms with E-state index in [1.54, 1.807) is 0 Å². The SMILES string of the molecule is CC(C)(C)c1ccc(N(c2ccc(C(C)(C)C)cc2)c2ccc(C3(c4ccc(C(C)(C)C)cc4)c4cc(N(c5ccccc5)c5ccc(C(C)(C)C)cc5)ccc4-c4c3cc(N(c3ccccc3)c3ccc(C(C)(C)C)cc3)c3oc5ccccc5c43)cc2)cc1. The van der Waals surface area contributed by atoms with Crippen LogP contribution in [0, 0.1) is 0 Å². The lowest BCUT2D eigenvalue weighted by molar-refractivity contribution is 0.589. The molecule has 12 aromatic rings. The summed E-state index contributed by atoms with van der Waals surface area (Å²) in [5.41, 5.74) is 23.7. The predicted octanol–water partition coefficient (Wildman–Crippen LogP) is 24.8. The topological polar surface area (TPSA) is 22.9 Å². The maximum Gasteiger partial charge on any atom is 0.160 e. The molecule has 456 valence electrons. The molecule has 0 radical (unpaired) electrons. The largest absolute Gasteiger partial charge is 0.454 e. The van der Waals surface area contributed by atoms with Gasteiger partial charge in [-0.15, -0.1) is 0 Å². The number of nitrogens with zero attached hydrogens (tertiary/aromatic N) is 3. The smallest absolute Gasteiger partial charge is 0.160 e. The van der Waals surface area contributed by atoms with Crippen LogP contribution in [0.25, 0.3) is 33.1 Å². The average molecular weight is 1190 g/mol. The van der Waals surface area contributed by atoms with Gasteiger partial charge in [0.25, 0.3) is 0 Å². The van der Waals surface area contributed by atoms with E-state index in [4.69, 9.17) is 4.42 Å². The lowest BCUT2D eigenvalue weighted by atomic mass is 9.67. The van der Waals surface area contributed by atoms with Crippen molar-refractivity contribution in [2.24, 2.45) is 0 Å². The molecule has 0 bridgehead atoms. The van der Waals surface area contributed by atoms with E-state index < -0.39 is 5.41 Å². The van der Waals surface area contributed by atoms with Crippen LogP contribution in [0.2, 0.25) is 0 Å². The fourth-order valence-electron chi connectivity index (χ4n) is 13.8. The van der Waals surface area contributed by atoms with Gasteiger partial charge < -0.3 is 19.1 Å². The second-order valence-electron chi connectivity index (χ2n) is 30.3. The Morgan fingerprint density at radius 1 is 0.286 bits per heavy atom. The first-order chi connectivity index (χ1) is 43.3. The van der Waals surface area contributed by atoms with Gasteiger partial charge in [0.2, 0.25) is 0 Å². The van der Waals surface area contributed by atoms with Crippen LogP contribution in [0.5, 0.6) is 0 Å². The second kappa shape index (κ2) is 22.5. The summed E-state index contributed by atoms with van der Waals surface area (Å²) in [4.78, 5) is 7.29. The van der Waals surface area contributed by atoms with Crippen molar-refractivity contribution < 1.29 is 4.42 Å². The van der Waals surface area contributed by atoms with Crippen LogP contribution < -0.4 is 14.7 Å². The Hall–Kier alpha value is -9.38. The van der Waals surface area contributed by atoms with Gasteiger partial charge in [0.15, 0.2) is 5.58 Å². The molecule has 91 heavy (non-hydrogen) atoms. The Morgan fingerprint density at radius 2 is 0.604 bits per heavy atom. The van der Waals surface area contributed by atoms with E-state index in [-0.39, 0.29) is 27.1 Å². The zero-order chi connectivity index (χ0) is 64.0. The molecule has 13 rings (SSSR count). The van der Waals surface area contributed by atoms with Gasteiger partial charge in [0, 0.05) is 56.3 Å². The first-order valence-electron chi connectivity index (χ1n) is 32.6. The molecule has 1 aliphatic rings. The van der Waals surface area contributed by atoms with Crippen molar-refractivity contribution in [3.05, 3.63) is 305 Å². The second-order valence-corrected chi connectivity index (χ2v) is 30.3. The number of fused-ring (bicyclic) bond motifs is 7. The summed E-state index contributed by atoms with van der Waals surface area (Å²) in [5.74, 6) is 0. The van der Waals surface area contributed by atoms with Crippen molar-refractivity contribution in [3.63, 3.8) is 0 Å². The van der Waals surface area contributed by atoms with Gasteiger partial charge in [0.1, 0.15) is 5.58 Å². The van der Waals surface area contributed by atoms with Crippen molar-refractivity contribution in [2.45, 2.75) is 136 Å². The number of para-hydroxylation sites is 3. The van der Waals surface area contributed by atoms with Crippen molar-refractivity contribution in [1.82, 2.24) is 0 Å². The third-order valence-corrected chi connectivity index (χ3v) is 18.9. The molecule has 0 spiro atoms. The molecule has 1 aliphatic carbocycles. The highest BCUT2D eigenvalue weighted by Crippen LogP contribution is 2.62. The van der Waals surface area contributed by atoms with Gasteiger partial charge in [-0.3, -0.25) is 0 Å². The molecule has 11 aromatic carbocycles. The van der Waals surface area contributed by atoms with Gasteiger partial charge in [-0.1, -0.05) is 249 Å². The van der Waals surface area contributed by atoms with Gasteiger partial charge in [-0.05, 0) is 197 Å². The first kappa shape index (κ1) is 60.5. The van der Waals surface area contributed by atoms with Crippen LogP contribution in [0.3, 0.4) is 0 Å². The van der Waals surface area contributed by atoms with Gasteiger partial charge in [-0.2, -0.15) is 0 Å². The molecule has 0 saturated heterocycles. The lowest BCUT2D eigenvalue weighted by Gasteiger charge is -2.36. The molecule has 4 nitrogen and oxygen atoms in total. The highest BCUT2D eigenvalue weighted by Gasteiger charge is 2.49. The molecule has 0 saturated carbocycles. The number of furan rings is 1. The highest BCUT2D eigenvalue weighted by atomic mass is 16.3. The quantitative estimate of drug-likeness (QED) is 0.129. The summed E-state index contributed by atoms with van der Waals surface area (Å²) in [6, 6.07) is 96.1. The molecule has 1 unspecified atom stereocenters. The Bertz CT molecular complexity index is 4520. The van der Waals surface area contributed by atoms with Crippen LogP contribution >= 0.6 is 0 Å². The maximum absolute atomic E-state index is 7.39. The van der Waals surface area contributed by atoms with Crippen LogP contribution in [0.4, 0.5) is 51.2 Å². The normalized spacial score (nSPS) is 14.4. The molecule has 0 N–H and O–H groups in total. The molecule has 0 amide bonds. The Morgan fingerprint density at radius 3 is 1.02 bits per heavy atom. The van der Waals surface area contributed by atoms with Gasteiger partial charge >= 0.3 is 0 Å². The molecule has 0 aliphatic heterocycles. The summed E-state index contributed by atoms with van der Waals surface area (Å²) in [6.07, 6.45) is 0. The first-order valence-corrected chi connectivity index (χ1v) is 32.6. The minimum atomic E-state index is -0.901. The minimum absolute atomic E-state index is 0.00467. The highest BCUT2D eigenvalue weighted by molar-refractivity contribution is 6.20. The van der Waals surface area contributed by atoms with Crippen molar-refractivity contribution >= 4 is 73.1 Å². The Labute approximate surface area is 541 Å². The van der Waals surface area contributed by atoms with Crippen molar-refractivity contribution in [2.75, 3.05) is 14.7 Å². The monoisotopic (exact) mass is 1190 g/mol. The maximum atomic E-state index is 7.39. The third-order valence-electron chi connectivity index (χ3n) is 18.9. The molecule has 1 heterocycles. The van der Waals surface area contributed by atoms with Crippen LogP contribution in [0.1, 0.15) is 154 Å². The standard InChI is InChI=1S/C87H87N3O/c1-82(2,3)58-30-32-63(33-31-58)87(64-42-52-69(53-43-64)88(67-44-34-59(35-45-67)83(4,5)6)68-46-36-60(37-47-68)84(7,8)9)75-56-72(89(65-24-18-16-19-25-65)70-48-38-61(39-49-70)85(10,11)12)54-55-73(75)79-76(87)57-77(81-80(79)74-28-22-23-29-78(74)91-81)90(66-26-20-17-21-27-66)71-50-40-62(41-51-71)86(13,14)15/h16-57H,1-15H3. The van der Waals surface area contributed by atoms with E-state index in [1.807, 2.05) is 0 Å². The Kier molecular flexibility index (Phi) is 15.0. The molecule has 1 atom stereocenters. The van der Waals surface area contributed by atoms with E-state index in [1.165, 1.54) is 55.6 Å². The van der Waals surface area contributed by atoms with E-state index >= 15 is 0 Å². The van der Waals surface area contributed by atoms with Gasteiger partial charge in [0.05, 0.1) is 11.1 Å². The zero-order valence-electron chi connectivity index (χ0n) is 56.0. The van der Waals surface area contributed by atoms with E-state index in [0.29, 0.717) is 0 Å². The Balaban J connectivity index is 1.15. The summed E-state index contributed by atoms with van der Waals surface area (Å²) < 4.78 is 7.39. The summed E-state index contributed by atoms with van der Waals surface area (Å²) in [5, 5.41) is 2.17. The molecular formula is C87H87N3O. The number of rotatable bonds is 11. The minimum Gasteiger partial charge on any atom is -0.454 e. The summed E-state index contributed by atoms with van der Waals surface area (Å²) >= 11 is 0. The van der Waals surface area contributed by atoms with E-state index in [0.717, 1.165) is 78.7 Å². The molecular weight excluding hydrogens is 1100 g/mol.